The molecule has 1 amide bonds. The molecule has 0 aliphatic carbocycles. The highest BCUT2D eigenvalue weighted by molar-refractivity contribution is 6.05. The van der Waals surface area contributed by atoms with Gasteiger partial charge in [-0.05, 0) is 25.5 Å². The number of amides is 1. The van der Waals surface area contributed by atoms with Gasteiger partial charge in [0.05, 0.1) is 24.5 Å². The maximum Gasteiger partial charge on any atom is 0.278 e. The van der Waals surface area contributed by atoms with Gasteiger partial charge < -0.3 is 9.64 Å². The van der Waals surface area contributed by atoms with Crippen molar-refractivity contribution in [3.8, 4) is 0 Å². The summed E-state index contributed by atoms with van der Waals surface area (Å²) in [6, 6.07) is 9.68. The third kappa shape index (κ3) is 2.92. The van der Waals surface area contributed by atoms with Gasteiger partial charge in [0, 0.05) is 18.5 Å². The first kappa shape index (κ1) is 13.7. The number of anilines is 1. The standard InChI is InChI=1S/C16H17N3O2/c1-12-9-18-15(10-17-12)16(20)19(14-7-8-21-11-14)13-5-3-2-4-6-13/h2-6,9-10,14H,7-8,11H2,1H3/t14-/m0/s1. The lowest BCUT2D eigenvalue weighted by Crippen LogP contribution is -2.41. The molecule has 1 aromatic carbocycles. The second-order valence-corrected chi connectivity index (χ2v) is 5.07. The number of ether oxygens (including phenoxy) is 1. The molecule has 0 saturated carbocycles. The molecule has 5 nitrogen and oxygen atoms in total. The number of rotatable bonds is 3. The number of benzene rings is 1. The second kappa shape index (κ2) is 6.01. The largest absolute Gasteiger partial charge is 0.379 e. The summed E-state index contributed by atoms with van der Waals surface area (Å²) >= 11 is 0. The Morgan fingerprint density at radius 1 is 1.24 bits per heavy atom. The van der Waals surface area contributed by atoms with Crippen molar-refractivity contribution in [1.82, 2.24) is 9.97 Å². The van der Waals surface area contributed by atoms with Gasteiger partial charge in [0.1, 0.15) is 5.69 Å². The first-order valence-corrected chi connectivity index (χ1v) is 7.01. The van der Waals surface area contributed by atoms with Crippen molar-refractivity contribution in [3.05, 3.63) is 54.1 Å². The van der Waals surface area contributed by atoms with E-state index in [0.717, 1.165) is 17.8 Å². The molecule has 1 aliphatic heterocycles. The van der Waals surface area contributed by atoms with E-state index in [1.54, 1.807) is 11.1 Å². The monoisotopic (exact) mass is 283 g/mol. The van der Waals surface area contributed by atoms with Crippen LogP contribution in [0, 0.1) is 6.92 Å². The quantitative estimate of drug-likeness (QED) is 0.866. The fourth-order valence-corrected chi connectivity index (χ4v) is 2.43. The molecule has 5 heteroatoms. The van der Waals surface area contributed by atoms with Gasteiger partial charge >= 0.3 is 0 Å². The molecule has 0 N–H and O–H groups in total. The molecule has 0 unspecified atom stereocenters. The van der Waals surface area contributed by atoms with Crippen LogP contribution >= 0.6 is 0 Å². The highest BCUT2D eigenvalue weighted by Crippen LogP contribution is 2.23. The first-order chi connectivity index (χ1) is 10.3. The van der Waals surface area contributed by atoms with Gasteiger partial charge in [0.15, 0.2) is 0 Å². The number of hydrogen-bond donors (Lipinski definition) is 0. The maximum absolute atomic E-state index is 12.8. The van der Waals surface area contributed by atoms with E-state index in [-0.39, 0.29) is 11.9 Å². The molecule has 1 aromatic heterocycles. The Labute approximate surface area is 123 Å². The third-order valence-electron chi connectivity index (χ3n) is 3.52. The molecular weight excluding hydrogens is 266 g/mol. The second-order valence-electron chi connectivity index (χ2n) is 5.07. The van der Waals surface area contributed by atoms with E-state index in [1.165, 1.54) is 6.20 Å². The molecule has 0 radical (unpaired) electrons. The van der Waals surface area contributed by atoms with Gasteiger partial charge in [-0.1, -0.05) is 18.2 Å². The van der Waals surface area contributed by atoms with Crippen LogP contribution in [0.1, 0.15) is 22.6 Å². The number of para-hydroxylation sites is 1. The molecule has 108 valence electrons. The van der Waals surface area contributed by atoms with E-state index in [4.69, 9.17) is 4.74 Å². The Kier molecular flexibility index (Phi) is 3.92. The molecule has 0 spiro atoms. The van der Waals surface area contributed by atoms with Gasteiger partial charge in [-0.2, -0.15) is 0 Å². The summed E-state index contributed by atoms with van der Waals surface area (Å²) in [5.74, 6) is -0.135. The molecule has 1 saturated heterocycles. The average molecular weight is 283 g/mol. The van der Waals surface area contributed by atoms with Crippen LogP contribution in [0.25, 0.3) is 0 Å². The van der Waals surface area contributed by atoms with Gasteiger partial charge in [0.25, 0.3) is 5.91 Å². The number of aryl methyl sites for hydroxylation is 1. The molecule has 1 atom stereocenters. The Balaban J connectivity index is 1.94. The van der Waals surface area contributed by atoms with E-state index in [9.17, 15) is 4.79 Å². The lowest BCUT2D eigenvalue weighted by molar-refractivity contribution is 0.0966. The zero-order chi connectivity index (χ0) is 14.7. The fraction of sp³-hybridized carbons (Fsp3) is 0.312. The van der Waals surface area contributed by atoms with Crippen LogP contribution in [0.15, 0.2) is 42.7 Å². The van der Waals surface area contributed by atoms with Crippen molar-refractivity contribution < 1.29 is 9.53 Å². The summed E-state index contributed by atoms with van der Waals surface area (Å²) in [6.45, 7) is 3.09. The summed E-state index contributed by atoms with van der Waals surface area (Å²) < 4.78 is 5.43. The molecule has 1 aliphatic rings. The van der Waals surface area contributed by atoms with Gasteiger partial charge in [-0.3, -0.25) is 9.78 Å². The van der Waals surface area contributed by atoms with Crippen LogP contribution in [0.5, 0.6) is 0 Å². The minimum absolute atomic E-state index is 0.0444. The first-order valence-electron chi connectivity index (χ1n) is 7.01. The van der Waals surface area contributed by atoms with Crippen LogP contribution in [-0.2, 0) is 4.74 Å². The normalized spacial score (nSPS) is 17.7. The number of aromatic nitrogens is 2. The predicted octanol–water partition coefficient (Wildman–Crippen LogP) is 2.22. The zero-order valence-corrected chi connectivity index (χ0v) is 11.9. The van der Waals surface area contributed by atoms with Crippen molar-refractivity contribution >= 4 is 11.6 Å². The van der Waals surface area contributed by atoms with Crippen molar-refractivity contribution in [2.24, 2.45) is 0 Å². The Morgan fingerprint density at radius 2 is 2.05 bits per heavy atom. The predicted molar refractivity (Wildman–Crippen MR) is 79.2 cm³/mol. The van der Waals surface area contributed by atoms with Crippen molar-refractivity contribution in [3.63, 3.8) is 0 Å². The van der Waals surface area contributed by atoms with E-state index >= 15 is 0 Å². The molecular formula is C16H17N3O2. The van der Waals surface area contributed by atoms with E-state index in [0.29, 0.717) is 18.9 Å². The molecule has 21 heavy (non-hydrogen) atoms. The lowest BCUT2D eigenvalue weighted by atomic mass is 10.1. The fourth-order valence-electron chi connectivity index (χ4n) is 2.43. The Bertz CT molecular complexity index is 607. The SMILES string of the molecule is Cc1cnc(C(=O)N(c2ccccc2)[C@H]2CCOC2)cn1. The van der Waals surface area contributed by atoms with E-state index in [1.807, 2.05) is 37.3 Å². The zero-order valence-electron chi connectivity index (χ0n) is 11.9. The minimum atomic E-state index is -0.135. The van der Waals surface area contributed by atoms with Gasteiger partial charge in [-0.15, -0.1) is 0 Å². The molecule has 1 fully saturated rings. The summed E-state index contributed by atoms with van der Waals surface area (Å²) in [7, 11) is 0. The molecule has 2 aromatic rings. The van der Waals surface area contributed by atoms with E-state index < -0.39 is 0 Å². The van der Waals surface area contributed by atoms with E-state index in [2.05, 4.69) is 9.97 Å². The van der Waals surface area contributed by atoms with Crippen LogP contribution in [0.4, 0.5) is 5.69 Å². The van der Waals surface area contributed by atoms with Gasteiger partial charge in [0.2, 0.25) is 0 Å². The molecule has 2 heterocycles. The lowest BCUT2D eigenvalue weighted by Gasteiger charge is -2.27. The summed E-state index contributed by atoms with van der Waals surface area (Å²) in [4.78, 5) is 22.9. The Morgan fingerprint density at radius 3 is 2.67 bits per heavy atom. The smallest absolute Gasteiger partial charge is 0.278 e. The number of carbonyl (C=O) groups is 1. The van der Waals surface area contributed by atoms with Gasteiger partial charge in [-0.25, -0.2) is 4.98 Å². The molecule has 3 rings (SSSR count). The van der Waals surface area contributed by atoms with Crippen molar-refractivity contribution in [2.45, 2.75) is 19.4 Å². The van der Waals surface area contributed by atoms with Crippen molar-refractivity contribution in [1.29, 1.82) is 0 Å². The number of carbonyl (C=O) groups excluding carboxylic acids is 1. The average Bonchev–Trinajstić information content (AvgIpc) is 3.03. The summed E-state index contributed by atoms with van der Waals surface area (Å²) in [5.41, 5.74) is 2.01. The maximum atomic E-state index is 12.8. The highest BCUT2D eigenvalue weighted by atomic mass is 16.5. The Hall–Kier alpha value is -2.27. The highest BCUT2D eigenvalue weighted by Gasteiger charge is 2.30. The summed E-state index contributed by atoms with van der Waals surface area (Å²) in [6.07, 6.45) is 3.98. The topological polar surface area (TPSA) is 55.3 Å². The van der Waals surface area contributed by atoms with Crippen LogP contribution in [-0.4, -0.2) is 35.1 Å². The van der Waals surface area contributed by atoms with Crippen LogP contribution in [0.3, 0.4) is 0 Å². The van der Waals surface area contributed by atoms with Crippen LogP contribution in [0.2, 0.25) is 0 Å². The number of hydrogen-bond acceptors (Lipinski definition) is 4. The van der Waals surface area contributed by atoms with Crippen LogP contribution < -0.4 is 4.90 Å². The molecule has 0 bridgehead atoms. The number of nitrogens with zero attached hydrogens (tertiary/aromatic N) is 3. The van der Waals surface area contributed by atoms with Crippen molar-refractivity contribution in [2.75, 3.05) is 18.1 Å². The third-order valence-corrected chi connectivity index (χ3v) is 3.52. The minimum Gasteiger partial charge on any atom is -0.379 e. The summed E-state index contributed by atoms with van der Waals surface area (Å²) in [5, 5.41) is 0.